The number of carbonyl (C=O) groups is 1. The Balaban J connectivity index is 0.00000242. The van der Waals surface area contributed by atoms with Crippen molar-refractivity contribution in [2.75, 3.05) is 24.6 Å². The van der Waals surface area contributed by atoms with Crippen LogP contribution in [0.15, 0.2) is 24.3 Å². The third-order valence-corrected chi connectivity index (χ3v) is 4.51. The second-order valence-corrected chi connectivity index (χ2v) is 6.63. The number of benzene rings is 1. The van der Waals surface area contributed by atoms with Crippen LogP contribution in [-0.2, 0) is 4.79 Å². The smallest absolute Gasteiger partial charge is 0.221 e. The predicted octanol–water partition coefficient (Wildman–Crippen LogP) is 2.40. The molecule has 1 heterocycles. The van der Waals surface area contributed by atoms with Crippen LogP contribution >= 0.6 is 24.2 Å². The minimum Gasteiger partial charge on any atom is -0.489 e. The molecule has 2 rings (SSSR count). The van der Waals surface area contributed by atoms with Gasteiger partial charge in [-0.15, -0.1) is 12.4 Å². The summed E-state index contributed by atoms with van der Waals surface area (Å²) in [6.07, 6.45) is 0.509. The summed E-state index contributed by atoms with van der Waals surface area (Å²) in [4.78, 5) is 11.9. The molecule has 6 heteroatoms. The van der Waals surface area contributed by atoms with E-state index in [1.165, 1.54) is 5.56 Å². The summed E-state index contributed by atoms with van der Waals surface area (Å²) in [5.74, 6) is 3.09. The highest BCUT2D eigenvalue weighted by molar-refractivity contribution is 7.99. The van der Waals surface area contributed by atoms with Crippen molar-refractivity contribution in [3.8, 4) is 5.75 Å². The molecule has 1 saturated heterocycles. The quantitative estimate of drug-likeness (QED) is 0.832. The molecule has 1 fully saturated rings. The van der Waals surface area contributed by atoms with Gasteiger partial charge in [0.2, 0.25) is 5.91 Å². The third kappa shape index (κ3) is 6.90. The molecule has 1 aliphatic rings. The maximum Gasteiger partial charge on any atom is 0.221 e. The Labute approximate surface area is 143 Å². The first-order valence-corrected chi connectivity index (χ1v) is 8.60. The fourth-order valence-electron chi connectivity index (χ4n) is 2.20. The monoisotopic (exact) mass is 344 g/mol. The van der Waals surface area contributed by atoms with Crippen molar-refractivity contribution in [3.63, 3.8) is 0 Å². The van der Waals surface area contributed by atoms with Crippen LogP contribution in [0.2, 0.25) is 0 Å². The van der Waals surface area contributed by atoms with Crippen molar-refractivity contribution in [3.05, 3.63) is 29.8 Å². The lowest BCUT2D eigenvalue weighted by molar-refractivity contribution is -0.121. The lowest BCUT2D eigenvalue weighted by Crippen LogP contribution is -2.42. The van der Waals surface area contributed by atoms with Crippen LogP contribution in [0.4, 0.5) is 0 Å². The van der Waals surface area contributed by atoms with Crippen LogP contribution in [0.3, 0.4) is 0 Å². The van der Waals surface area contributed by atoms with Crippen molar-refractivity contribution in [1.29, 1.82) is 0 Å². The van der Waals surface area contributed by atoms with Crippen molar-refractivity contribution < 1.29 is 9.53 Å². The summed E-state index contributed by atoms with van der Waals surface area (Å²) in [6, 6.07) is 8.25. The summed E-state index contributed by atoms with van der Waals surface area (Å²) in [5.41, 5.74) is 1.21. The highest BCUT2D eigenvalue weighted by Crippen LogP contribution is 2.13. The van der Waals surface area contributed by atoms with E-state index < -0.39 is 0 Å². The van der Waals surface area contributed by atoms with Crippen molar-refractivity contribution in [2.24, 2.45) is 0 Å². The molecule has 0 radical (unpaired) electrons. The van der Waals surface area contributed by atoms with Gasteiger partial charge in [0, 0.05) is 30.5 Å². The van der Waals surface area contributed by atoms with E-state index in [0.29, 0.717) is 19.0 Å². The van der Waals surface area contributed by atoms with Gasteiger partial charge in [-0.25, -0.2) is 0 Å². The highest BCUT2D eigenvalue weighted by Gasteiger charge is 2.17. The number of amides is 1. The standard InChI is InChI=1S/C16H24N2O2S.ClH/c1-12-3-5-15(6-4-12)20-13(2)10-18-16(19)9-14-11-21-8-7-17-14;/h3-6,13-14,17H,7-11H2,1-2H3,(H,18,19);1H. The lowest BCUT2D eigenvalue weighted by atomic mass is 10.2. The molecule has 0 bridgehead atoms. The van der Waals surface area contributed by atoms with Gasteiger partial charge in [0.15, 0.2) is 0 Å². The number of aryl methyl sites for hydroxylation is 1. The van der Waals surface area contributed by atoms with Crippen LogP contribution in [0, 0.1) is 6.92 Å². The van der Waals surface area contributed by atoms with E-state index in [0.717, 1.165) is 23.8 Å². The molecule has 1 aliphatic heterocycles. The first-order chi connectivity index (χ1) is 10.1. The minimum absolute atomic E-state index is 0. The molecular formula is C16H25ClN2O2S. The summed E-state index contributed by atoms with van der Waals surface area (Å²) >= 11 is 1.91. The van der Waals surface area contributed by atoms with Gasteiger partial charge in [0.25, 0.3) is 0 Å². The number of halogens is 1. The van der Waals surface area contributed by atoms with Crippen molar-refractivity contribution in [1.82, 2.24) is 10.6 Å². The fraction of sp³-hybridized carbons (Fsp3) is 0.562. The zero-order valence-electron chi connectivity index (χ0n) is 13.1. The number of hydrogen-bond acceptors (Lipinski definition) is 4. The molecule has 1 aromatic rings. The molecule has 2 N–H and O–H groups in total. The van der Waals surface area contributed by atoms with Gasteiger partial charge in [0.1, 0.15) is 11.9 Å². The Morgan fingerprint density at radius 3 is 2.82 bits per heavy atom. The van der Waals surface area contributed by atoms with Crippen LogP contribution in [0.5, 0.6) is 5.75 Å². The van der Waals surface area contributed by atoms with Crippen molar-refractivity contribution in [2.45, 2.75) is 32.4 Å². The highest BCUT2D eigenvalue weighted by atomic mass is 35.5. The summed E-state index contributed by atoms with van der Waals surface area (Å²) in [6.45, 7) is 5.54. The van der Waals surface area contributed by atoms with E-state index in [1.54, 1.807) is 0 Å². The number of carbonyl (C=O) groups excluding carboxylic acids is 1. The van der Waals surface area contributed by atoms with Gasteiger partial charge in [-0.05, 0) is 26.0 Å². The molecule has 1 aromatic carbocycles. The maximum atomic E-state index is 11.9. The Morgan fingerprint density at radius 2 is 2.18 bits per heavy atom. The van der Waals surface area contributed by atoms with E-state index in [-0.39, 0.29) is 24.4 Å². The normalized spacial score (nSPS) is 18.9. The Hall–Kier alpha value is -0.910. The number of ether oxygens (including phenoxy) is 1. The van der Waals surface area contributed by atoms with E-state index in [4.69, 9.17) is 4.74 Å². The van der Waals surface area contributed by atoms with E-state index in [2.05, 4.69) is 10.6 Å². The molecule has 22 heavy (non-hydrogen) atoms. The summed E-state index contributed by atoms with van der Waals surface area (Å²) in [5, 5.41) is 6.32. The number of rotatable bonds is 6. The average Bonchev–Trinajstić information content (AvgIpc) is 2.49. The molecule has 2 atom stereocenters. The SMILES string of the molecule is Cc1ccc(OC(C)CNC(=O)CC2CSCCN2)cc1.Cl. The van der Waals surface area contributed by atoms with E-state index in [1.807, 2.05) is 49.9 Å². The second kappa shape index (κ2) is 9.98. The van der Waals surface area contributed by atoms with Gasteiger partial charge in [-0.2, -0.15) is 11.8 Å². The van der Waals surface area contributed by atoms with Crippen molar-refractivity contribution >= 4 is 30.1 Å². The van der Waals surface area contributed by atoms with Crippen LogP contribution in [0.1, 0.15) is 18.9 Å². The van der Waals surface area contributed by atoms with Gasteiger partial charge < -0.3 is 15.4 Å². The Morgan fingerprint density at radius 1 is 1.45 bits per heavy atom. The van der Waals surface area contributed by atoms with Gasteiger partial charge in [-0.1, -0.05) is 17.7 Å². The molecule has 0 spiro atoms. The van der Waals surface area contributed by atoms with E-state index >= 15 is 0 Å². The predicted molar refractivity (Wildman–Crippen MR) is 95.3 cm³/mol. The Kier molecular flexibility index (Phi) is 8.68. The van der Waals surface area contributed by atoms with Crippen LogP contribution in [0.25, 0.3) is 0 Å². The fourth-order valence-corrected chi connectivity index (χ4v) is 3.14. The molecule has 2 unspecified atom stereocenters. The van der Waals surface area contributed by atoms with Gasteiger partial charge in [0.05, 0.1) is 6.54 Å². The van der Waals surface area contributed by atoms with Gasteiger partial charge >= 0.3 is 0 Å². The molecule has 0 aliphatic carbocycles. The third-order valence-electron chi connectivity index (χ3n) is 3.38. The largest absolute Gasteiger partial charge is 0.489 e. The Bertz CT molecular complexity index is 450. The number of nitrogens with one attached hydrogen (secondary N) is 2. The molecular weight excluding hydrogens is 320 g/mol. The van der Waals surface area contributed by atoms with Crippen LogP contribution < -0.4 is 15.4 Å². The zero-order chi connectivity index (χ0) is 15.1. The topological polar surface area (TPSA) is 50.4 Å². The first-order valence-electron chi connectivity index (χ1n) is 7.44. The minimum atomic E-state index is -0.0367. The van der Waals surface area contributed by atoms with Crippen LogP contribution in [-0.4, -0.2) is 42.6 Å². The summed E-state index contributed by atoms with van der Waals surface area (Å²) < 4.78 is 5.78. The second-order valence-electron chi connectivity index (χ2n) is 5.48. The average molecular weight is 345 g/mol. The molecule has 124 valence electrons. The zero-order valence-corrected chi connectivity index (χ0v) is 14.8. The number of thioether (sulfide) groups is 1. The maximum absolute atomic E-state index is 11.9. The molecule has 0 saturated carbocycles. The summed E-state index contributed by atoms with van der Waals surface area (Å²) in [7, 11) is 0. The lowest BCUT2D eigenvalue weighted by Gasteiger charge is -2.23. The van der Waals surface area contributed by atoms with E-state index in [9.17, 15) is 4.79 Å². The first kappa shape index (κ1) is 19.1. The molecule has 1 amide bonds. The van der Waals surface area contributed by atoms with Gasteiger partial charge in [-0.3, -0.25) is 4.79 Å². The molecule has 4 nitrogen and oxygen atoms in total. The number of hydrogen-bond donors (Lipinski definition) is 2. The molecule has 0 aromatic heterocycles.